The van der Waals surface area contributed by atoms with Crippen molar-refractivity contribution in [2.45, 2.75) is 51.1 Å². The SMILES string of the molecule is COc1ccc(CC(=O)N(Cc2nc(-c3ccc(Cl)cc3)no2)C2CCCCC2)cc1. The molecule has 4 rings (SSSR count). The van der Waals surface area contributed by atoms with Crippen LogP contribution in [0.3, 0.4) is 0 Å². The second kappa shape index (κ2) is 9.96. The summed E-state index contributed by atoms with van der Waals surface area (Å²) in [7, 11) is 1.63. The Morgan fingerprint density at radius 2 is 1.81 bits per heavy atom. The van der Waals surface area contributed by atoms with Crippen LogP contribution in [0.4, 0.5) is 0 Å². The molecule has 1 amide bonds. The second-order valence-corrected chi connectivity index (χ2v) is 8.29. The molecule has 0 atom stereocenters. The van der Waals surface area contributed by atoms with Gasteiger partial charge >= 0.3 is 0 Å². The predicted octanol–water partition coefficient (Wildman–Crippen LogP) is 5.30. The van der Waals surface area contributed by atoms with Crippen LogP contribution in [0.25, 0.3) is 11.4 Å². The zero-order valence-electron chi connectivity index (χ0n) is 17.6. The average Bonchev–Trinajstić information content (AvgIpc) is 3.28. The van der Waals surface area contributed by atoms with Gasteiger partial charge in [-0.25, -0.2) is 0 Å². The summed E-state index contributed by atoms with van der Waals surface area (Å²) in [6, 6.07) is 15.1. The Kier molecular flexibility index (Phi) is 6.87. The highest BCUT2D eigenvalue weighted by Gasteiger charge is 2.27. The Labute approximate surface area is 187 Å². The summed E-state index contributed by atoms with van der Waals surface area (Å²) in [6.07, 6.45) is 5.84. The first-order chi connectivity index (χ1) is 15.1. The molecule has 3 aromatic rings. The van der Waals surface area contributed by atoms with Crippen LogP contribution in [-0.2, 0) is 17.8 Å². The van der Waals surface area contributed by atoms with Gasteiger partial charge in [-0.15, -0.1) is 0 Å². The smallest absolute Gasteiger partial charge is 0.246 e. The molecule has 1 aromatic heterocycles. The maximum Gasteiger partial charge on any atom is 0.246 e. The fourth-order valence-corrected chi connectivity index (χ4v) is 4.14. The van der Waals surface area contributed by atoms with Crippen LogP contribution in [-0.4, -0.2) is 34.1 Å². The van der Waals surface area contributed by atoms with E-state index in [1.165, 1.54) is 6.42 Å². The van der Waals surface area contributed by atoms with Gasteiger partial charge in [0.05, 0.1) is 13.5 Å². The predicted molar refractivity (Wildman–Crippen MR) is 119 cm³/mol. The molecule has 2 aromatic carbocycles. The topological polar surface area (TPSA) is 68.5 Å². The van der Waals surface area contributed by atoms with Crippen LogP contribution in [0.15, 0.2) is 53.1 Å². The van der Waals surface area contributed by atoms with Gasteiger partial charge in [-0.3, -0.25) is 4.79 Å². The molecule has 31 heavy (non-hydrogen) atoms. The molecule has 1 heterocycles. The fourth-order valence-electron chi connectivity index (χ4n) is 4.01. The molecule has 162 valence electrons. The van der Waals surface area contributed by atoms with Crippen molar-refractivity contribution in [3.63, 3.8) is 0 Å². The minimum atomic E-state index is 0.0725. The largest absolute Gasteiger partial charge is 0.497 e. The van der Waals surface area contributed by atoms with E-state index >= 15 is 0 Å². The molecule has 0 N–H and O–H groups in total. The van der Waals surface area contributed by atoms with E-state index in [0.29, 0.717) is 29.7 Å². The maximum atomic E-state index is 13.3. The zero-order chi connectivity index (χ0) is 21.6. The lowest BCUT2D eigenvalue weighted by Crippen LogP contribution is -2.41. The highest BCUT2D eigenvalue weighted by atomic mass is 35.5. The third-order valence-electron chi connectivity index (χ3n) is 5.73. The quantitative estimate of drug-likeness (QED) is 0.499. The van der Waals surface area contributed by atoms with Crippen LogP contribution in [0.1, 0.15) is 43.6 Å². The number of rotatable bonds is 7. The van der Waals surface area contributed by atoms with E-state index in [0.717, 1.165) is 42.6 Å². The van der Waals surface area contributed by atoms with Gasteiger partial charge in [0.1, 0.15) is 12.3 Å². The molecule has 0 spiro atoms. The van der Waals surface area contributed by atoms with Gasteiger partial charge in [0, 0.05) is 16.6 Å². The molecule has 0 saturated heterocycles. The van der Waals surface area contributed by atoms with Crippen molar-refractivity contribution in [3.05, 3.63) is 65.0 Å². The van der Waals surface area contributed by atoms with Gasteiger partial charge < -0.3 is 14.2 Å². The minimum Gasteiger partial charge on any atom is -0.497 e. The van der Waals surface area contributed by atoms with E-state index in [4.69, 9.17) is 20.9 Å². The number of amides is 1. The molecule has 1 saturated carbocycles. The summed E-state index contributed by atoms with van der Waals surface area (Å²) < 4.78 is 10.7. The minimum absolute atomic E-state index is 0.0725. The molecule has 0 unspecified atom stereocenters. The van der Waals surface area contributed by atoms with Crippen LogP contribution in [0, 0.1) is 0 Å². The van der Waals surface area contributed by atoms with E-state index in [1.54, 1.807) is 19.2 Å². The number of benzene rings is 2. The molecule has 1 aliphatic carbocycles. The van der Waals surface area contributed by atoms with Gasteiger partial charge in [0.25, 0.3) is 0 Å². The van der Waals surface area contributed by atoms with Crippen LogP contribution >= 0.6 is 11.6 Å². The van der Waals surface area contributed by atoms with E-state index in [9.17, 15) is 4.79 Å². The third kappa shape index (κ3) is 5.44. The van der Waals surface area contributed by atoms with Gasteiger partial charge in [-0.2, -0.15) is 4.98 Å². The number of nitrogens with zero attached hydrogens (tertiary/aromatic N) is 3. The first-order valence-electron chi connectivity index (χ1n) is 10.6. The van der Waals surface area contributed by atoms with Gasteiger partial charge in [-0.1, -0.05) is 48.2 Å². The fraction of sp³-hybridized carbons (Fsp3) is 0.375. The summed E-state index contributed by atoms with van der Waals surface area (Å²) in [4.78, 5) is 19.7. The van der Waals surface area contributed by atoms with Crippen molar-refractivity contribution in [2.24, 2.45) is 0 Å². The van der Waals surface area contributed by atoms with Crippen LogP contribution < -0.4 is 4.74 Å². The zero-order valence-corrected chi connectivity index (χ0v) is 18.3. The Bertz CT molecular complexity index is 996. The Hall–Kier alpha value is -2.86. The van der Waals surface area contributed by atoms with Crippen molar-refractivity contribution < 1.29 is 14.1 Å². The number of carbonyl (C=O) groups excluding carboxylic acids is 1. The van der Waals surface area contributed by atoms with E-state index in [2.05, 4.69) is 10.1 Å². The standard InChI is InChI=1S/C24H26ClN3O3/c1-30-21-13-7-17(8-14-21)15-23(29)28(20-5-3-2-4-6-20)16-22-26-24(27-31-22)18-9-11-19(25)12-10-18/h7-14,20H,2-6,15-16H2,1H3. The molecule has 0 bridgehead atoms. The number of hydrogen-bond acceptors (Lipinski definition) is 5. The number of halogens is 1. The third-order valence-corrected chi connectivity index (χ3v) is 5.98. The number of methoxy groups -OCH3 is 1. The van der Waals surface area contributed by atoms with Crippen molar-refractivity contribution in [1.82, 2.24) is 15.0 Å². The van der Waals surface area contributed by atoms with Crippen molar-refractivity contribution in [3.8, 4) is 17.1 Å². The molecule has 0 aliphatic heterocycles. The summed E-state index contributed by atoms with van der Waals surface area (Å²) >= 11 is 5.96. The molecular formula is C24H26ClN3O3. The maximum absolute atomic E-state index is 13.3. The number of carbonyl (C=O) groups is 1. The Morgan fingerprint density at radius 1 is 1.10 bits per heavy atom. The lowest BCUT2D eigenvalue weighted by molar-refractivity contribution is -0.134. The van der Waals surface area contributed by atoms with Crippen molar-refractivity contribution >= 4 is 17.5 Å². The average molecular weight is 440 g/mol. The molecule has 7 heteroatoms. The van der Waals surface area contributed by atoms with Crippen molar-refractivity contribution in [1.29, 1.82) is 0 Å². The van der Waals surface area contributed by atoms with E-state index in [-0.39, 0.29) is 11.9 Å². The first-order valence-corrected chi connectivity index (χ1v) is 11.0. The number of aromatic nitrogens is 2. The number of ether oxygens (including phenoxy) is 1. The summed E-state index contributed by atoms with van der Waals surface area (Å²) in [5, 5.41) is 4.75. The second-order valence-electron chi connectivity index (χ2n) is 7.86. The summed E-state index contributed by atoms with van der Waals surface area (Å²) in [5.41, 5.74) is 1.78. The molecule has 1 fully saturated rings. The highest BCUT2D eigenvalue weighted by molar-refractivity contribution is 6.30. The highest BCUT2D eigenvalue weighted by Crippen LogP contribution is 2.26. The molecular weight excluding hydrogens is 414 g/mol. The van der Waals surface area contributed by atoms with Gasteiger partial charge in [0.15, 0.2) is 0 Å². The molecule has 0 radical (unpaired) electrons. The molecule has 1 aliphatic rings. The van der Waals surface area contributed by atoms with E-state index < -0.39 is 0 Å². The normalized spacial score (nSPS) is 14.4. The monoisotopic (exact) mass is 439 g/mol. The van der Waals surface area contributed by atoms with Crippen LogP contribution in [0.5, 0.6) is 5.75 Å². The van der Waals surface area contributed by atoms with Crippen molar-refractivity contribution in [2.75, 3.05) is 7.11 Å². The summed E-state index contributed by atoms with van der Waals surface area (Å²) in [6.45, 7) is 0.320. The lowest BCUT2D eigenvalue weighted by atomic mass is 9.93. The molecule has 6 nitrogen and oxygen atoms in total. The lowest BCUT2D eigenvalue weighted by Gasteiger charge is -2.33. The van der Waals surface area contributed by atoms with E-state index in [1.807, 2.05) is 41.3 Å². The number of hydrogen-bond donors (Lipinski definition) is 0. The van der Waals surface area contributed by atoms with Crippen LogP contribution in [0.2, 0.25) is 5.02 Å². The first kappa shape index (κ1) is 21.4. The Morgan fingerprint density at radius 3 is 2.48 bits per heavy atom. The van der Waals surface area contributed by atoms with Gasteiger partial charge in [-0.05, 0) is 54.8 Å². The summed E-state index contributed by atoms with van der Waals surface area (Å²) in [5.74, 6) is 1.79. The van der Waals surface area contributed by atoms with Gasteiger partial charge in [0.2, 0.25) is 17.6 Å². The Balaban J connectivity index is 1.50.